The van der Waals surface area contributed by atoms with Gasteiger partial charge in [0.25, 0.3) is 0 Å². The zero-order valence-corrected chi connectivity index (χ0v) is 15.2. The van der Waals surface area contributed by atoms with Crippen molar-refractivity contribution in [1.82, 2.24) is 10.2 Å². The van der Waals surface area contributed by atoms with E-state index in [4.69, 9.17) is 0 Å². The van der Waals surface area contributed by atoms with Gasteiger partial charge < -0.3 is 10.2 Å². The summed E-state index contributed by atoms with van der Waals surface area (Å²) in [7, 11) is 0. The van der Waals surface area contributed by atoms with Crippen LogP contribution in [0.4, 0.5) is 0 Å². The van der Waals surface area contributed by atoms with Crippen molar-refractivity contribution in [1.29, 1.82) is 0 Å². The van der Waals surface area contributed by atoms with Crippen molar-refractivity contribution >= 4 is 11.8 Å². The van der Waals surface area contributed by atoms with Gasteiger partial charge in [0, 0.05) is 19.0 Å². The number of nitrogens with one attached hydrogen (secondary N) is 1. The third-order valence-corrected chi connectivity index (χ3v) is 5.02. The highest BCUT2D eigenvalue weighted by Gasteiger charge is 2.27. The minimum Gasteiger partial charge on any atom is -0.352 e. The molecule has 132 valence electrons. The molecule has 2 rings (SSSR count). The van der Waals surface area contributed by atoms with Gasteiger partial charge in [-0.3, -0.25) is 9.59 Å². The van der Waals surface area contributed by atoms with Crippen LogP contribution in [0.5, 0.6) is 0 Å². The second-order valence-electron chi connectivity index (χ2n) is 6.82. The van der Waals surface area contributed by atoms with Gasteiger partial charge in [0.1, 0.15) is 6.04 Å². The van der Waals surface area contributed by atoms with Crippen molar-refractivity contribution in [2.24, 2.45) is 0 Å². The van der Waals surface area contributed by atoms with Gasteiger partial charge in [0.15, 0.2) is 0 Å². The molecule has 0 aliphatic heterocycles. The molecule has 1 saturated carbocycles. The van der Waals surface area contributed by atoms with E-state index >= 15 is 0 Å². The molecule has 4 heteroatoms. The van der Waals surface area contributed by atoms with Gasteiger partial charge in [0.05, 0.1) is 0 Å². The molecule has 1 aromatic rings. The molecule has 1 N–H and O–H groups in total. The molecule has 0 aromatic heterocycles. The summed E-state index contributed by atoms with van der Waals surface area (Å²) >= 11 is 0. The van der Waals surface area contributed by atoms with Crippen LogP contribution in [-0.2, 0) is 16.1 Å². The summed E-state index contributed by atoms with van der Waals surface area (Å²) in [6.07, 6.45) is 6.14. The summed E-state index contributed by atoms with van der Waals surface area (Å²) in [6, 6.07) is 7.85. The monoisotopic (exact) mass is 330 g/mol. The Balaban J connectivity index is 2.06. The van der Waals surface area contributed by atoms with Crippen LogP contribution in [0.3, 0.4) is 0 Å². The highest BCUT2D eigenvalue weighted by atomic mass is 16.2. The van der Waals surface area contributed by atoms with Gasteiger partial charge in [0.2, 0.25) is 11.8 Å². The van der Waals surface area contributed by atoms with Gasteiger partial charge in [-0.25, -0.2) is 0 Å². The number of aryl methyl sites for hydroxylation is 1. The summed E-state index contributed by atoms with van der Waals surface area (Å²) in [4.78, 5) is 26.8. The molecule has 0 heterocycles. The normalized spacial score (nSPS) is 16.5. The van der Waals surface area contributed by atoms with Crippen LogP contribution >= 0.6 is 0 Å². The fraction of sp³-hybridized carbons (Fsp3) is 0.600. The zero-order valence-electron chi connectivity index (χ0n) is 15.2. The maximum Gasteiger partial charge on any atom is 0.242 e. The molecule has 0 radical (unpaired) electrons. The zero-order chi connectivity index (χ0) is 17.5. The molecule has 24 heavy (non-hydrogen) atoms. The second-order valence-corrected chi connectivity index (χ2v) is 6.82. The molecule has 2 amide bonds. The first kappa shape index (κ1) is 18.5. The largest absolute Gasteiger partial charge is 0.352 e. The minimum atomic E-state index is -0.445. The predicted molar refractivity (Wildman–Crippen MR) is 96.5 cm³/mol. The third-order valence-electron chi connectivity index (χ3n) is 5.02. The minimum absolute atomic E-state index is 0.0181. The van der Waals surface area contributed by atoms with Gasteiger partial charge in [-0.1, -0.05) is 50.5 Å². The summed E-state index contributed by atoms with van der Waals surface area (Å²) in [6.45, 7) is 6.21. The van der Waals surface area contributed by atoms with Crippen LogP contribution in [0.25, 0.3) is 0 Å². The highest BCUT2D eigenvalue weighted by molar-refractivity contribution is 5.87. The number of rotatable bonds is 6. The third kappa shape index (κ3) is 4.83. The Kier molecular flexibility index (Phi) is 6.83. The molecular formula is C20H30N2O2. The van der Waals surface area contributed by atoms with E-state index in [1.807, 2.05) is 45.0 Å². The number of amides is 2. The summed E-state index contributed by atoms with van der Waals surface area (Å²) < 4.78 is 0. The van der Waals surface area contributed by atoms with E-state index in [1.165, 1.54) is 19.3 Å². The van der Waals surface area contributed by atoms with Crippen molar-refractivity contribution < 1.29 is 9.59 Å². The number of carbonyl (C=O) groups excluding carboxylic acids is 2. The maximum atomic E-state index is 12.6. The Morgan fingerprint density at radius 2 is 1.88 bits per heavy atom. The molecule has 4 nitrogen and oxygen atoms in total. The van der Waals surface area contributed by atoms with Crippen molar-refractivity contribution in [2.45, 2.75) is 77.9 Å². The van der Waals surface area contributed by atoms with E-state index in [2.05, 4.69) is 5.32 Å². The number of hydrogen-bond donors (Lipinski definition) is 1. The molecule has 1 aromatic carbocycles. The van der Waals surface area contributed by atoms with E-state index in [1.54, 1.807) is 4.90 Å². The van der Waals surface area contributed by atoms with Crippen molar-refractivity contribution in [3.63, 3.8) is 0 Å². The first-order valence-electron chi connectivity index (χ1n) is 9.17. The first-order chi connectivity index (χ1) is 11.5. The predicted octanol–water partition coefficient (Wildman–Crippen LogP) is 3.57. The van der Waals surface area contributed by atoms with E-state index in [0.29, 0.717) is 13.0 Å². The number of hydrogen-bond acceptors (Lipinski definition) is 2. The summed E-state index contributed by atoms with van der Waals surface area (Å²) in [5, 5.41) is 3.15. The Bertz CT molecular complexity index is 565. The van der Waals surface area contributed by atoms with Crippen molar-refractivity contribution in [3.05, 3.63) is 35.4 Å². The molecule has 1 aliphatic carbocycles. The molecule has 1 fully saturated rings. The lowest BCUT2D eigenvalue weighted by molar-refractivity contribution is -0.140. The van der Waals surface area contributed by atoms with Crippen LogP contribution < -0.4 is 5.32 Å². The van der Waals surface area contributed by atoms with Crippen LogP contribution in [0.15, 0.2) is 24.3 Å². The average Bonchev–Trinajstić information content (AvgIpc) is 2.60. The average molecular weight is 330 g/mol. The van der Waals surface area contributed by atoms with Crippen molar-refractivity contribution in [3.8, 4) is 0 Å². The van der Waals surface area contributed by atoms with Crippen molar-refractivity contribution in [2.75, 3.05) is 0 Å². The lowest BCUT2D eigenvalue weighted by atomic mass is 9.95. The Labute approximate surface area is 145 Å². The molecule has 0 spiro atoms. The SMILES string of the molecule is CCC(=O)N(Cc1ccccc1C)C(C)C(=O)NC1CCCCC1. The fourth-order valence-electron chi connectivity index (χ4n) is 3.33. The van der Waals surface area contributed by atoms with E-state index in [-0.39, 0.29) is 17.9 Å². The molecule has 1 unspecified atom stereocenters. The number of benzene rings is 1. The summed E-state index contributed by atoms with van der Waals surface area (Å²) in [5.74, 6) is -0.0122. The van der Waals surface area contributed by atoms with Gasteiger partial charge in [-0.05, 0) is 37.8 Å². The number of carbonyl (C=O) groups is 2. The molecule has 1 atom stereocenters. The molecular weight excluding hydrogens is 300 g/mol. The van der Waals surface area contributed by atoms with E-state index in [9.17, 15) is 9.59 Å². The number of nitrogens with zero attached hydrogens (tertiary/aromatic N) is 1. The maximum absolute atomic E-state index is 12.6. The van der Waals surface area contributed by atoms with Gasteiger partial charge in [-0.2, -0.15) is 0 Å². The topological polar surface area (TPSA) is 49.4 Å². The quantitative estimate of drug-likeness (QED) is 0.867. The Morgan fingerprint density at radius 3 is 2.50 bits per heavy atom. The van der Waals surface area contributed by atoms with Gasteiger partial charge in [-0.15, -0.1) is 0 Å². The molecule has 0 saturated heterocycles. The van der Waals surface area contributed by atoms with E-state index < -0.39 is 6.04 Å². The standard InChI is InChI=1S/C20H30N2O2/c1-4-19(23)22(14-17-11-9-8-10-15(17)2)16(3)20(24)21-18-12-6-5-7-13-18/h8-11,16,18H,4-7,12-14H2,1-3H3,(H,21,24). The fourth-order valence-corrected chi connectivity index (χ4v) is 3.33. The lowest BCUT2D eigenvalue weighted by Gasteiger charge is -2.31. The van der Waals surface area contributed by atoms with Crippen LogP contribution in [0.2, 0.25) is 0 Å². The first-order valence-corrected chi connectivity index (χ1v) is 9.17. The smallest absolute Gasteiger partial charge is 0.242 e. The Hall–Kier alpha value is -1.84. The Morgan fingerprint density at radius 1 is 1.21 bits per heavy atom. The van der Waals surface area contributed by atoms with E-state index in [0.717, 1.165) is 24.0 Å². The summed E-state index contributed by atoms with van der Waals surface area (Å²) in [5.41, 5.74) is 2.24. The van der Waals surface area contributed by atoms with Gasteiger partial charge >= 0.3 is 0 Å². The lowest BCUT2D eigenvalue weighted by Crippen LogP contribution is -2.50. The van der Waals surface area contributed by atoms with Crippen LogP contribution in [-0.4, -0.2) is 28.8 Å². The molecule has 0 bridgehead atoms. The highest BCUT2D eigenvalue weighted by Crippen LogP contribution is 2.19. The second kappa shape index (κ2) is 8.86. The molecule has 1 aliphatic rings. The van der Waals surface area contributed by atoms with Crippen LogP contribution in [0.1, 0.15) is 63.5 Å². The van der Waals surface area contributed by atoms with Crippen LogP contribution in [0, 0.1) is 6.92 Å².